The Morgan fingerprint density at radius 1 is 1.19 bits per heavy atom. The number of ether oxygens (including phenoxy) is 2. The fourth-order valence-corrected chi connectivity index (χ4v) is 5.03. The average Bonchev–Trinajstić information content (AvgIpc) is 2.35. The largest absolute Gasteiger partial charge is 0.458 e. The van der Waals surface area contributed by atoms with E-state index in [1.807, 2.05) is 20.8 Å². The van der Waals surface area contributed by atoms with Gasteiger partial charge in [-0.1, -0.05) is 6.92 Å². The van der Waals surface area contributed by atoms with Crippen molar-refractivity contribution >= 4 is 5.97 Å². The van der Waals surface area contributed by atoms with E-state index in [1.54, 1.807) is 7.11 Å². The van der Waals surface area contributed by atoms with Crippen molar-refractivity contribution in [3.05, 3.63) is 0 Å². The molecule has 4 bridgehead atoms. The molecule has 1 N–H and O–H groups in total. The molecular formula is C17H28O4. The van der Waals surface area contributed by atoms with Gasteiger partial charge in [0.25, 0.3) is 0 Å². The molecule has 4 saturated carbocycles. The highest BCUT2D eigenvalue weighted by Crippen LogP contribution is 2.61. The Bertz CT molecular complexity index is 460. The van der Waals surface area contributed by atoms with Crippen LogP contribution in [0, 0.1) is 11.3 Å². The van der Waals surface area contributed by atoms with Crippen LogP contribution in [0.25, 0.3) is 0 Å². The van der Waals surface area contributed by atoms with E-state index in [0.29, 0.717) is 18.8 Å². The van der Waals surface area contributed by atoms with Crippen LogP contribution in [0.15, 0.2) is 0 Å². The molecule has 0 aromatic carbocycles. The number of hydrogen-bond acceptors (Lipinski definition) is 4. The van der Waals surface area contributed by atoms with Gasteiger partial charge in [0, 0.05) is 26.4 Å². The maximum atomic E-state index is 12.5. The summed E-state index contributed by atoms with van der Waals surface area (Å²) in [4.78, 5) is 12.5. The van der Waals surface area contributed by atoms with Gasteiger partial charge in [0.05, 0.1) is 16.6 Å². The second-order valence-electron chi connectivity index (χ2n) is 8.43. The summed E-state index contributed by atoms with van der Waals surface area (Å²) >= 11 is 0. The first kappa shape index (κ1) is 15.3. The second kappa shape index (κ2) is 4.45. The molecule has 4 fully saturated rings. The van der Waals surface area contributed by atoms with E-state index >= 15 is 0 Å². The highest BCUT2D eigenvalue weighted by Gasteiger charge is 2.65. The molecule has 0 heterocycles. The number of rotatable bonds is 4. The van der Waals surface area contributed by atoms with Crippen molar-refractivity contribution in [2.24, 2.45) is 11.3 Å². The summed E-state index contributed by atoms with van der Waals surface area (Å²) in [7, 11) is 1.72. The highest BCUT2D eigenvalue weighted by molar-refractivity contribution is 5.76. The van der Waals surface area contributed by atoms with E-state index in [9.17, 15) is 9.90 Å². The van der Waals surface area contributed by atoms with Crippen molar-refractivity contribution in [3.63, 3.8) is 0 Å². The topological polar surface area (TPSA) is 55.8 Å². The third-order valence-corrected chi connectivity index (χ3v) is 6.12. The van der Waals surface area contributed by atoms with Crippen molar-refractivity contribution in [1.29, 1.82) is 0 Å². The van der Waals surface area contributed by atoms with Crippen LogP contribution in [0.5, 0.6) is 0 Å². The first-order chi connectivity index (χ1) is 9.66. The van der Waals surface area contributed by atoms with Crippen LogP contribution in [0.3, 0.4) is 0 Å². The third kappa shape index (κ3) is 2.40. The first-order valence-electron chi connectivity index (χ1n) is 8.17. The summed E-state index contributed by atoms with van der Waals surface area (Å²) < 4.78 is 11.8. The Balaban J connectivity index is 1.86. The molecule has 0 aromatic rings. The summed E-state index contributed by atoms with van der Waals surface area (Å²) in [6, 6.07) is 0. The zero-order chi connectivity index (χ0) is 15.5. The van der Waals surface area contributed by atoms with Gasteiger partial charge in [-0.05, 0) is 45.4 Å². The lowest BCUT2D eigenvalue weighted by atomic mass is 9.50. The van der Waals surface area contributed by atoms with E-state index in [0.717, 1.165) is 32.1 Å². The molecule has 4 nitrogen and oxygen atoms in total. The Morgan fingerprint density at radius 3 is 2.38 bits per heavy atom. The molecule has 0 aromatic heterocycles. The fraction of sp³-hybridized carbons (Fsp3) is 0.941. The molecular weight excluding hydrogens is 268 g/mol. The molecule has 4 unspecified atom stereocenters. The number of aliphatic hydroxyl groups is 1. The van der Waals surface area contributed by atoms with Gasteiger partial charge in [-0.25, -0.2) is 0 Å². The number of carbonyl (C=O) groups excluding carboxylic acids is 1. The Labute approximate surface area is 127 Å². The second-order valence-corrected chi connectivity index (χ2v) is 8.43. The minimum absolute atomic E-state index is 0.137. The molecule has 0 radical (unpaired) electrons. The fourth-order valence-electron chi connectivity index (χ4n) is 5.03. The van der Waals surface area contributed by atoms with Gasteiger partial charge in [0.15, 0.2) is 0 Å². The Hall–Kier alpha value is -0.610. The molecule has 4 aliphatic carbocycles. The van der Waals surface area contributed by atoms with Gasteiger partial charge < -0.3 is 14.6 Å². The van der Waals surface area contributed by atoms with Gasteiger partial charge in [-0.2, -0.15) is 0 Å². The van der Waals surface area contributed by atoms with Gasteiger partial charge in [-0.3, -0.25) is 4.79 Å². The molecule has 4 heteroatoms. The van der Waals surface area contributed by atoms with Crippen LogP contribution in [0.2, 0.25) is 0 Å². The predicted molar refractivity (Wildman–Crippen MR) is 78.8 cm³/mol. The van der Waals surface area contributed by atoms with Crippen molar-refractivity contribution in [3.8, 4) is 0 Å². The number of carbonyl (C=O) groups is 1. The Morgan fingerprint density at radius 2 is 1.81 bits per heavy atom. The maximum absolute atomic E-state index is 12.5. The van der Waals surface area contributed by atoms with Crippen molar-refractivity contribution in [1.82, 2.24) is 0 Å². The molecule has 0 spiro atoms. The van der Waals surface area contributed by atoms with E-state index in [4.69, 9.17) is 9.47 Å². The zero-order valence-electron chi connectivity index (χ0n) is 13.7. The van der Waals surface area contributed by atoms with Crippen molar-refractivity contribution in [2.75, 3.05) is 7.11 Å². The van der Waals surface area contributed by atoms with E-state index < -0.39 is 16.6 Å². The summed E-state index contributed by atoms with van der Waals surface area (Å²) in [5, 5.41) is 10.9. The van der Waals surface area contributed by atoms with Crippen LogP contribution in [-0.4, -0.2) is 35.0 Å². The lowest BCUT2D eigenvalue weighted by Gasteiger charge is -2.63. The lowest BCUT2D eigenvalue weighted by molar-refractivity contribution is -0.270. The van der Waals surface area contributed by atoms with Crippen LogP contribution in [0.4, 0.5) is 0 Å². The van der Waals surface area contributed by atoms with Crippen LogP contribution in [-0.2, 0) is 14.3 Å². The number of esters is 1. The molecule has 120 valence electrons. The summed E-state index contributed by atoms with van der Waals surface area (Å²) in [6.07, 6.45) is 5.45. The Kier molecular flexibility index (Phi) is 3.24. The molecule has 4 rings (SSSR count). The third-order valence-electron chi connectivity index (χ3n) is 6.12. The molecule has 4 aliphatic rings. The van der Waals surface area contributed by atoms with Crippen LogP contribution < -0.4 is 0 Å². The minimum Gasteiger partial charge on any atom is -0.458 e. The van der Waals surface area contributed by atoms with Crippen molar-refractivity contribution in [2.45, 2.75) is 82.5 Å². The smallest absolute Gasteiger partial charge is 0.312 e. The van der Waals surface area contributed by atoms with Crippen LogP contribution >= 0.6 is 0 Å². The first-order valence-corrected chi connectivity index (χ1v) is 8.17. The zero-order valence-corrected chi connectivity index (χ0v) is 13.7. The van der Waals surface area contributed by atoms with Gasteiger partial charge in [0.2, 0.25) is 0 Å². The molecule has 21 heavy (non-hydrogen) atoms. The van der Waals surface area contributed by atoms with Gasteiger partial charge >= 0.3 is 5.97 Å². The molecule has 0 aliphatic heterocycles. The average molecular weight is 296 g/mol. The highest BCUT2D eigenvalue weighted by atomic mass is 16.6. The molecule has 4 atom stereocenters. The van der Waals surface area contributed by atoms with E-state index in [2.05, 4.69) is 0 Å². The van der Waals surface area contributed by atoms with E-state index in [-0.39, 0.29) is 11.6 Å². The summed E-state index contributed by atoms with van der Waals surface area (Å²) in [5.74, 6) is 0.269. The van der Waals surface area contributed by atoms with Crippen LogP contribution in [0.1, 0.15) is 65.7 Å². The normalized spacial score (nSPS) is 44.9. The maximum Gasteiger partial charge on any atom is 0.312 e. The SMILES string of the molecule is CCC(C)(C)C(=O)OC12CC3CC(O)(CC(OC)(C3)C1)C2. The standard InChI is InChI=1S/C17H28O4/c1-5-14(2,3)13(18)21-17-8-12-6-15(19,10-17)9-16(7-12,11-17)20-4/h12,19H,5-11H2,1-4H3. The monoisotopic (exact) mass is 296 g/mol. The number of hydrogen-bond donors (Lipinski definition) is 1. The van der Waals surface area contributed by atoms with Gasteiger partial charge in [-0.15, -0.1) is 0 Å². The quantitative estimate of drug-likeness (QED) is 0.811. The summed E-state index contributed by atoms with van der Waals surface area (Å²) in [5.41, 5.74) is -2.00. The number of methoxy groups -OCH3 is 1. The molecule has 0 amide bonds. The lowest BCUT2D eigenvalue weighted by Crippen LogP contribution is -2.67. The summed E-state index contributed by atoms with van der Waals surface area (Å²) in [6.45, 7) is 5.86. The molecule has 0 saturated heterocycles. The minimum atomic E-state index is -0.716. The van der Waals surface area contributed by atoms with E-state index in [1.165, 1.54) is 0 Å². The van der Waals surface area contributed by atoms with Crippen molar-refractivity contribution < 1.29 is 19.4 Å². The predicted octanol–water partition coefficient (Wildman–Crippen LogP) is 2.82. The van der Waals surface area contributed by atoms with Gasteiger partial charge in [0.1, 0.15) is 5.60 Å².